The first-order chi connectivity index (χ1) is 29.0. The Bertz CT molecular complexity index is 1630. The predicted molar refractivity (Wildman–Crippen MR) is 262 cm³/mol. The van der Waals surface area contributed by atoms with E-state index in [9.17, 15) is 38.4 Å². The van der Waals surface area contributed by atoms with E-state index >= 15 is 0 Å². The number of esters is 3. The fourth-order valence-corrected chi connectivity index (χ4v) is 3.48. The first-order valence-corrected chi connectivity index (χ1v) is 21.4. The molecule has 0 atom stereocenters. The van der Waals surface area contributed by atoms with Crippen LogP contribution in [0, 0.1) is 44.3 Å². The Morgan fingerprint density at radius 2 is 1.06 bits per heavy atom. The van der Waals surface area contributed by atoms with Gasteiger partial charge >= 0.3 is 17.9 Å². The summed E-state index contributed by atoms with van der Waals surface area (Å²) in [7, 11) is 1.19. The van der Waals surface area contributed by atoms with Gasteiger partial charge in [-0.3, -0.25) is 28.9 Å². The summed E-state index contributed by atoms with van der Waals surface area (Å²) in [4.78, 5) is 87.1. The summed E-state index contributed by atoms with van der Waals surface area (Å²) in [5.41, 5.74) is 0.453. The second-order valence-electron chi connectivity index (χ2n) is 22.1. The summed E-state index contributed by atoms with van der Waals surface area (Å²) in [5, 5.41) is 2.72. The number of nitrogens with zero attached hydrogens (tertiary/aromatic N) is 1. The van der Waals surface area contributed by atoms with Crippen LogP contribution in [-0.2, 0) is 52.6 Å². The van der Waals surface area contributed by atoms with Gasteiger partial charge in [0.2, 0.25) is 5.91 Å². The van der Waals surface area contributed by atoms with Crippen LogP contribution in [0.2, 0.25) is 0 Å². The Morgan fingerprint density at radius 1 is 0.615 bits per heavy atom. The van der Waals surface area contributed by atoms with Crippen molar-refractivity contribution in [3.8, 4) is 11.8 Å². The Balaban J connectivity index is -0.000000223. The second-order valence-corrected chi connectivity index (χ2v) is 22.1. The topological polar surface area (TPSA) is 180 Å². The molecule has 1 heterocycles. The molecule has 0 fully saturated rings. The second kappa shape index (κ2) is 33.2. The smallest absolute Gasteiger partial charge is 0.384 e. The van der Waals surface area contributed by atoms with Crippen LogP contribution in [0.3, 0.4) is 0 Å². The minimum atomic E-state index is -0.752. The minimum absolute atomic E-state index is 0.0304. The van der Waals surface area contributed by atoms with Crippen LogP contribution in [0.5, 0.6) is 0 Å². The van der Waals surface area contributed by atoms with E-state index in [1.54, 1.807) is 13.0 Å². The van der Waals surface area contributed by atoms with Gasteiger partial charge < -0.3 is 19.5 Å². The van der Waals surface area contributed by atoms with E-state index in [1.165, 1.54) is 42.4 Å². The van der Waals surface area contributed by atoms with Crippen molar-refractivity contribution in [2.75, 3.05) is 33.4 Å². The standard InChI is InChI=1S/C10H14O4.C9H13NO2.C9H16O.C8H15NO.C8H14O2.C8H14O/c1-10(2,3)7-14-9(12)6-5-8(11)13-4;1-9(2,3)6-10-7(11)4-5-8(10)12;1-8(10)6-5-7-9(2,3)4;1-5-7(10)9-6-8(2,3)4;1-5-7(9)10-6-8(2,3)4;1-5-7(9)6-8(2,3)4/h7H2,1-4H3;4-5H,6H2,1-3H3;5-6H,7H2,1-4H3;5H,1,6H2,2-4H3,(H,9,10);5H,1,6H2,2-4H3;5H,1,6H2,2-4H3/b;;6-5+;;;. The largest absolute Gasteiger partial charge is 0.462 e. The Labute approximate surface area is 393 Å². The number of ketones is 2. The molecule has 0 unspecified atom stereocenters. The van der Waals surface area contributed by atoms with Crippen LogP contribution in [0.4, 0.5) is 0 Å². The first-order valence-electron chi connectivity index (χ1n) is 21.4. The molecule has 370 valence electrons. The van der Waals surface area contributed by atoms with Gasteiger partial charge in [-0.15, -0.1) is 0 Å². The number of hydrogen-bond acceptors (Lipinski definition) is 11. The number of carbonyl (C=O) groups is 8. The third kappa shape index (κ3) is 60.7. The van der Waals surface area contributed by atoms with Crippen LogP contribution < -0.4 is 5.32 Å². The normalized spacial score (nSPS) is 12.1. The SMILES string of the molecule is C=CC(=O)CC(C)(C)C.C=CC(=O)NCC(C)(C)C.C=CC(=O)OCC(C)(C)C.CC(=O)/C=C/CC(C)(C)C.CC(C)(C)CN1C(=O)C=CC1=O.COC(=O)C#CC(=O)OCC(C)(C)C. The fraction of sp³-hybridized carbons (Fsp3) is 0.615. The lowest BCUT2D eigenvalue weighted by Gasteiger charge is -2.24. The summed E-state index contributed by atoms with van der Waals surface area (Å²) in [6, 6.07) is 0. The molecule has 1 aliphatic heterocycles. The van der Waals surface area contributed by atoms with Crippen molar-refractivity contribution in [1.29, 1.82) is 0 Å². The van der Waals surface area contributed by atoms with Gasteiger partial charge in [0.1, 0.15) is 0 Å². The van der Waals surface area contributed by atoms with E-state index < -0.39 is 11.9 Å². The molecular weight excluding hydrogens is 829 g/mol. The van der Waals surface area contributed by atoms with Crippen LogP contribution in [0.25, 0.3) is 0 Å². The highest BCUT2D eigenvalue weighted by atomic mass is 16.5. The third-order valence-corrected chi connectivity index (χ3v) is 6.43. The Hall–Kier alpha value is -5.38. The van der Waals surface area contributed by atoms with Crippen molar-refractivity contribution in [3.63, 3.8) is 0 Å². The maximum Gasteiger partial charge on any atom is 0.384 e. The summed E-state index contributed by atoms with van der Waals surface area (Å²) >= 11 is 0. The van der Waals surface area contributed by atoms with Crippen molar-refractivity contribution in [3.05, 3.63) is 62.3 Å². The van der Waals surface area contributed by atoms with Crippen molar-refractivity contribution in [2.45, 2.75) is 144 Å². The van der Waals surface area contributed by atoms with E-state index in [2.05, 4.69) is 71.3 Å². The van der Waals surface area contributed by atoms with Gasteiger partial charge in [-0.1, -0.05) is 150 Å². The molecule has 1 aliphatic rings. The van der Waals surface area contributed by atoms with Crippen LogP contribution in [-0.4, -0.2) is 85.5 Å². The molecule has 1 rings (SSSR count). The van der Waals surface area contributed by atoms with Crippen LogP contribution >= 0.6 is 0 Å². The molecular formula is C52H86N2O11. The lowest BCUT2D eigenvalue weighted by atomic mass is 9.90. The predicted octanol–water partition coefficient (Wildman–Crippen LogP) is 9.55. The van der Waals surface area contributed by atoms with E-state index in [4.69, 9.17) is 9.47 Å². The molecule has 13 heteroatoms. The highest BCUT2D eigenvalue weighted by molar-refractivity contribution is 6.12. The summed E-state index contributed by atoms with van der Waals surface area (Å²) in [6.45, 7) is 50.0. The number of hydrogen-bond donors (Lipinski definition) is 1. The molecule has 0 aromatic rings. The molecule has 0 bridgehead atoms. The molecule has 0 saturated heterocycles. The quantitative estimate of drug-likeness (QED) is 0.0551. The van der Waals surface area contributed by atoms with E-state index in [0.29, 0.717) is 31.5 Å². The van der Waals surface area contributed by atoms with Gasteiger partial charge in [0.25, 0.3) is 11.8 Å². The van der Waals surface area contributed by atoms with Gasteiger partial charge in [-0.2, -0.15) is 0 Å². The number of nitrogens with one attached hydrogen (secondary N) is 1. The summed E-state index contributed by atoms with van der Waals surface area (Å²) < 4.78 is 13.8. The van der Waals surface area contributed by atoms with Crippen LogP contribution in [0.1, 0.15) is 144 Å². The number of allylic oxidation sites excluding steroid dienone is 3. The highest BCUT2D eigenvalue weighted by Crippen LogP contribution is 2.20. The molecule has 0 spiro atoms. The summed E-state index contributed by atoms with van der Waals surface area (Å²) in [6.07, 6.45) is 11.6. The van der Waals surface area contributed by atoms with Gasteiger partial charge in [0.15, 0.2) is 11.6 Å². The fourth-order valence-electron chi connectivity index (χ4n) is 3.48. The third-order valence-electron chi connectivity index (χ3n) is 6.43. The van der Waals surface area contributed by atoms with E-state index in [1.807, 2.05) is 101 Å². The molecule has 3 amide bonds. The lowest BCUT2D eigenvalue weighted by molar-refractivity contribution is -0.140. The summed E-state index contributed by atoms with van der Waals surface area (Å²) in [5.74, 6) is 1.94. The molecule has 65 heavy (non-hydrogen) atoms. The Morgan fingerprint density at radius 3 is 1.37 bits per heavy atom. The Kier molecular flexibility index (Phi) is 35.0. The number of methoxy groups -OCH3 is 1. The zero-order valence-corrected chi connectivity index (χ0v) is 43.8. The zero-order chi connectivity index (χ0) is 52.6. The average molecular weight is 915 g/mol. The van der Waals surface area contributed by atoms with Gasteiger partial charge in [0, 0.05) is 49.6 Å². The van der Waals surface area contributed by atoms with E-state index in [-0.39, 0.29) is 68.9 Å². The maximum absolute atomic E-state index is 11.1. The molecule has 13 nitrogen and oxygen atoms in total. The van der Waals surface area contributed by atoms with Crippen molar-refractivity contribution in [2.24, 2.45) is 32.5 Å². The lowest BCUT2D eigenvalue weighted by Crippen LogP contribution is -2.37. The molecule has 1 N–H and O–H groups in total. The molecule has 0 aromatic carbocycles. The maximum atomic E-state index is 11.1. The zero-order valence-electron chi connectivity index (χ0n) is 43.8. The van der Waals surface area contributed by atoms with Gasteiger partial charge in [-0.05, 0) is 64.1 Å². The van der Waals surface area contributed by atoms with E-state index in [0.717, 1.165) is 6.42 Å². The first kappa shape index (κ1) is 68.7. The number of amides is 3. The molecule has 0 aliphatic carbocycles. The monoisotopic (exact) mass is 915 g/mol. The van der Waals surface area contributed by atoms with Gasteiger partial charge in [0.05, 0.1) is 20.3 Å². The number of ether oxygens (including phenoxy) is 3. The molecule has 0 radical (unpaired) electrons. The van der Waals surface area contributed by atoms with Crippen molar-refractivity contribution < 1.29 is 52.6 Å². The number of imide groups is 1. The molecule has 0 aromatic heterocycles. The van der Waals surface area contributed by atoms with Crippen LogP contribution in [0.15, 0.2) is 62.3 Å². The molecule has 0 saturated carbocycles. The average Bonchev–Trinajstić information content (AvgIpc) is 3.44. The number of carbonyl (C=O) groups excluding carboxylic acids is 8. The highest BCUT2D eigenvalue weighted by Gasteiger charge is 2.27. The minimum Gasteiger partial charge on any atom is -0.462 e. The number of rotatable bonds is 10. The van der Waals surface area contributed by atoms with Gasteiger partial charge in [-0.25, -0.2) is 14.4 Å². The van der Waals surface area contributed by atoms with Crippen molar-refractivity contribution >= 4 is 47.2 Å². The van der Waals surface area contributed by atoms with Crippen molar-refractivity contribution in [1.82, 2.24) is 10.2 Å².